The van der Waals surface area contributed by atoms with Crippen LogP contribution in [0.15, 0.2) is 12.1 Å². The largest absolute Gasteiger partial charge is 0.380 e. The highest BCUT2D eigenvalue weighted by molar-refractivity contribution is 5.94. The Labute approximate surface area is 156 Å². The Morgan fingerprint density at radius 1 is 1.27 bits per heavy atom. The van der Waals surface area contributed by atoms with Crippen molar-refractivity contribution in [3.63, 3.8) is 0 Å². The molecular formula is C16H23ClF3N3O3. The van der Waals surface area contributed by atoms with Gasteiger partial charge in [0.25, 0.3) is 0 Å². The third-order valence-corrected chi connectivity index (χ3v) is 3.49. The van der Waals surface area contributed by atoms with Crippen LogP contribution in [0.2, 0.25) is 0 Å². The molecule has 10 heteroatoms. The Kier molecular flexibility index (Phi) is 10.9. The summed E-state index contributed by atoms with van der Waals surface area (Å²) in [5, 5.41) is 2.13. The maximum Gasteiger partial charge on any atom is 0.244 e. The van der Waals surface area contributed by atoms with Gasteiger partial charge in [-0.3, -0.25) is 9.59 Å². The van der Waals surface area contributed by atoms with Crippen molar-refractivity contribution in [2.24, 2.45) is 5.73 Å². The lowest BCUT2D eigenvalue weighted by Crippen LogP contribution is -2.41. The number of hydrogen-bond donors (Lipinski definition) is 2. The van der Waals surface area contributed by atoms with Crippen LogP contribution in [0.5, 0.6) is 0 Å². The maximum atomic E-state index is 13.6. The van der Waals surface area contributed by atoms with E-state index < -0.39 is 35.2 Å². The zero-order valence-corrected chi connectivity index (χ0v) is 15.4. The fourth-order valence-electron chi connectivity index (χ4n) is 2.13. The van der Waals surface area contributed by atoms with Gasteiger partial charge in [-0.15, -0.1) is 12.4 Å². The molecule has 0 saturated heterocycles. The number of nitrogens with two attached hydrogens (primary N) is 1. The first-order chi connectivity index (χ1) is 11.8. The molecule has 1 rings (SSSR count). The van der Waals surface area contributed by atoms with E-state index in [-0.39, 0.29) is 37.8 Å². The highest BCUT2D eigenvalue weighted by atomic mass is 35.5. The van der Waals surface area contributed by atoms with Crippen LogP contribution in [-0.4, -0.2) is 49.6 Å². The quantitative estimate of drug-likeness (QED) is 0.625. The molecule has 0 aromatic heterocycles. The number of amides is 2. The van der Waals surface area contributed by atoms with Crippen molar-refractivity contribution in [1.82, 2.24) is 4.90 Å². The van der Waals surface area contributed by atoms with Crippen molar-refractivity contribution in [3.05, 3.63) is 29.6 Å². The van der Waals surface area contributed by atoms with Gasteiger partial charge in [0.15, 0.2) is 17.5 Å². The summed E-state index contributed by atoms with van der Waals surface area (Å²) < 4.78 is 44.7. The molecule has 26 heavy (non-hydrogen) atoms. The Bertz CT molecular complexity index is 616. The lowest BCUT2D eigenvalue weighted by Gasteiger charge is -2.23. The molecule has 6 nitrogen and oxygen atoms in total. The molecule has 0 heterocycles. The smallest absolute Gasteiger partial charge is 0.244 e. The molecule has 0 spiro atoms. The molecular weight excluding hydrogens is 375 g/mol. The zero-order chi connectivity index (χ0) is 19.0. The second-order valence-electron chi connectivity index (χ2n) is 5.38. The molecule has 0 aliphatic heterocycles. The molecule has 2 amide bonds. The van der Waals surface area contributed by atoms with Crippen LogP contribution in [0.25, 0.3) is 0 Å². The van der Waals surface area contributed by atoms with Crippen molar-refractivity contribution in [2.45, 2.75) is 25.9 Å². The van der Waals surface area contributed by atoms with Gasteiger partial charge in [0.05, 0.1) is 24.8 Å². The molecule has 0 fully saturated rings. The van der Waals surface area contributed by atoms with Gasteiger partial charge in [-0.05, 0) is 18.6 Å². The molecule has 0 saturated carbocycles. The lowest BCUT2D eigenvalue weighted by molar-refractivity contribution is -0.136. The van der Waals surface area contributed by atoms with Crippen molar-refractivity contribution in [2.75, 3.05) is 32.1 Å². The van der Waals surface area contributed by atoms with Gasteiger partial charge in [-0.2, -0.15) is 0 Å². The zero-order valence-electron chi connectivity index (χ0n) is 14.6. The van der Waals surface area contributed by atoms with E-state index in [9.17, 15) is 22.8 Å². The molecule has 3 N–H and O–H groups in total. The fraction of sp³-hybridized carbons (Fsp3) is 0.500. The molecule has 0 bridgehead atoms. The van der Waals surface area contributed by atoms with E-state index in [0.717, 1.165) is 6.07 Å². The molecule has 1 aromatic rings. The average Bonchev–Trinajstić information content (AvgIpc) is 2.59. The predicted molar refractivity (Wildman–Crippen MR) is 93.5 cm³/mol. The summed E-state index contributed by atoms with van der Waals surface area (Å²) in [6, 6.07) is 1.61. The second kappa shape index (κ2) is 11.7. The van der Waals surface area contributed by atoms with Crippen LogP contribution < -0.4 is 11.1 Å². The van der Waals surface area contributed by atoms with Crippen molar-refractivity contribution < 1.29 is 27.5 Å². The predicted octanol–water partition coefficient (Wildman–Crippen LogP) is 2.07. The van der Waals surface area contributed by atoms with Crippen molar-refractivity contribution in [1.29, 1.82) is 0 Å². The van der Waals surface area contributed by atoms with Crippen LogP contribution in [0.4, 0.5) is 18.9 Å². The third-order valence-electron chi connectivity index (χ3n) is 3.49. The second-order valence-corrected chi connectivity index (χ2v) is 5.38. The van der Waals surface area contributed by atoms with E-state index in [0.29, 0.717) is 19.0 Å². The number of rotatable bonds is 9. The number of benzene rings is 1. The van der Waals surface area contributed by atoms with Gasteiger partial charge >= 0.3 is 0 Å². The number of ether oxygens (including phenoxy) is 1. The number of carbonyl (C=O) groups excluding carboxylic acids is 2. The molecule has 0 radical (unpaired) electrons. The number of methoxy groups -OCH3 is 1. The number of hydrogen-bond acceptors (Lipinski definition) is 4. The molecule has 0 aliphatic rings. The van der Waals surface area contributed by atoms with E-state index in [1.54, 1.807) is 0 Å². The SMILES string of the molecule is CCCN(CC(=O)Nc1ccc(F)c(F)c1F)C(=O)CC(CN)OC.Cl. The van der Waals surface area contributed by atoms with E-state index in [1.165, 1.54) is 12.0 Å². The summed E-state index contributed by atoms with van der Waals surface area (Å²) >= 11 is 0. The molecule has 1 atom stereocenters. The summed E-state index contributed by atoms with van der Waals surface area (Å²) in [7, 11) is 1.42. The van der Waals surface area contributed by atoms with Crippen LogP contribution in [0.3, 0.4) is 0 Å². The molecule has 148 valence electrons. The summed E-state index contributed by atoms with van der Waals surface area (Å²) in [5.74, 6) is -5.60. The van der Waals surface area contributed by atoms with Crippen LogP contribution in [-0.2, 0) is 14.3 Å². The van der Waals surface area contributed by atoms with Gasteiger partial charge < -0.3 is 20.7 Å². The van der Waals surface area contributed by atoms with Crippen LogP contribution in [0.1, 0.15) is 19.8 Å². The van der Waals surface area contributed by atoms with Crippen molar-refractivity contribution in [3.8, 4) is 0 Å². The van der Waals surface area contributed by atoms with E-state index in [2.05, 4.69) is 5.32 Å². The lowest BCUT2D eigenvalue weighted by atomic mass is 10.2. The number of anilines is 1. The van der Waals surface area contributed by atoms with Gasteiger partial charge in [-0.25, -0.2) is 13.2 Å². The van der Waals surface area contributed by atoms with Gasteiger partial charge in [0, 0.05) is 20.2 Å². The highest BCUT2D eigenvalue weighted by Gasteiger charge is 2.21. The molecule has 1 unspecified atom stereocenters. The first kappa shape index (κ1) is 24.2. The number of nitrogens with zero attached hydrogens (tertiary/aromatic N) is 1. The molecule has 0 aliphatic carbocycles. The summed E-state index contributed by atoms with van der Waals surface area (Å²) in [5.41, 5.74) is 4.97. The van der Waals surface area contributed by atoms with Crippen LogP contribution >= 0.6 is 12.4 Å². The monoisotopic (exact) mass is 397 g/mol. The Morgan fingerprint density at radius 2 is 1.92 bits per heavy atom. The minimum Gasteiger partial charge on any atom is -0.380 e. The molecule has 1 aromatic carbocycles. The standard InChI is InChI=1S/C16H22F3N3O3.ClH/c1-3-6-22(14(24)7-10(8-20)25-2)9-13(23)21-12-5-4-11(17)15(18)16(12)19;/h4-5,10H,3,6-9,20H2,1-2H3,(H,21,23);1H. The summed E-state index contributed by atoms with van der Waals surface area (Å²) in [4.78, 5) is 25.5. The number of carbonyl (C=O) groups is 2. The summed E-state index contributed by atoms with van der Waals surface area (Å²) in [6.07, 6.45) is 0.122. The number of nitrogens with one attached hydrogen (secondary N) is 1. The topological polar surface area (TPSA) is 84.7 Å². The van der Waals surface area contributed by atoms with E-state index >= 15 is 0 Å². The third kappa shape index (κ3) is 6.81. The average molecular weight is 398 g/mol. The van der Waals surface area contributed by atoms with E-state index in [1.807, 2.05) is 6.92 Å². The van der Waals surface area contributed by atoms with Gasteiger partial charge in [-0.1, -0.05) is 6.92 Å². The fourth-order valence-corrected chi connectivity index (χ4v) is 2.13. The van der Waals surface area contributed by atoms with Crippen LogP contribution in [0, 0.1) is 17.5 Å². The van der Waals surface area contributed by atoms with Crippen molar-refractivity contribution >= 4 is 29.9 Å². The Hall–Kier alpha value is -1.84. The highest BCUT2D eigenvalue weighted by Crippen LogP contribution is 2.19. The van der Waals surface area contributed by atoms with E-state index in [4.69, 9.17) is 10.5 Å². The Morgan fingerprint density at radius 3 is 2.46 bits per heavy atom. The van der Waals surface area contributed by atoms with Gasteiger partial charge in [0.2, 0.25) is 11.8 Å². The number of halogens is 4. The van der Waals surface area contributed by atoms with Gasteiger partial charge in [0.1, 0.15) is 0 Å². The first-order valence-electron chi connectivity index (χ1n) is 7.77. The minimum atomic E-state index is -1.68. The minimum absolute atomic E-state index is 0. The normalized spacial score (nSPS) is 11.5. The first-order valence-corrected chi connectivity index (χ1v) is 7.77. The summed E-state index contributed by atoms with van der Waals surface area (Å²) in [6.45, 7) is 1.91. The maximum absolute atomic E-state index is 13.6. The Balaban J connectivity index is 0.00000625.